The van der Waals surface area contributed by atoms with Crippen LogP contribution in [0.1, 0.15) is 31.0 Å². The first kappa shape index (κ1) is 17.7. The maximum absolute atomic E-state index is 12.4. The third-order valence-corrected chi connectivity index (χ3v) is 4.45. The van der Waals surface area contributed by atoms with Crippen LogP contribution in [0.2, 0.25) is 0 Å². The largest absolute Gasteiger partial charge is 0.353 e. The van der Waals surface area contributed by atoms with Gasteiger partial charge in [0.2, 0.25) is 5.91 Å². The van der Waals surface area contributed by atoms with E-state index in [4.69, 9.17) is 5.73 Å². The number of nitrogens with two attached hydrogens (primary N) is 1. The summed E-state index contributed by atoms with van der Waals surface area (Å²) in [7, 11) is 0. The van der Waals surface area contributed by atoms with Crippen LogP contribution in [0.5, 0.6) is 0 Å². The number of hydrogen-bond donors (Lipinski definition) is 2. The minimum absolute atomic E-state index is 0.0103. The van der Waals surface area contributed by atoms with Gasteiger partial charge in [0.1, 0.15) is 0 Å². The van der Waals surface area contributed by atoms with Crippen molar-refractivity contribution in [3.05, 3.63) is 70.2 Å². The van der Waals surface area contributed by atoms with Gasteiger partial charge in [-0.2, -0.15) is 0 Å². The fourth-order valence-electron chi connectivity index (χ4n) is 2.57. The first-order valence-corrected chi connectivity index (χ1v) is 8.62. The summed E-state index contributed by atoms with van der Waals surface area (Å²) >= 11 is 3.47. The Morgan fingerprint density at radius 2 is 1.83 bits per heavy atom. The monoisotopic (exact) mass is 374 g/mol. The number of halogens is 1. The molecule has 4 heteroatoms. The van der Waals surface area contributed by atoms with E-state index < -0.39 is 0 Å². The Kier molecular flexibility index (Phi) is 6.37. The number of hydrogen-bond acceptors (Lipinski definition) is 2. The number of benzene rings is 2. The van der Waals surface area contributed by atoms with E-state index in [2.05, 4.69) is 33.4 Å². The van der Waals surface area contributed by atoms with Gasteiger partial charge in [-0.05, 0) is 36.6 Å². The van der Waals surface area contributed by atoms with Crippen molar-refractivity contribution < 1.29 is 4.79 Å². The smallest absolute Gasteiger partial charge is 0.224 e. The molecule has 2 aromatic rings. The van der Waals surface area contributed by atoms with Crippen LogP contribution in [0.4, 0.5) is 0 Å². The molecule has 3 unspecified atom stereocenters. The van der Waals surface area contributed by atoms with Gasteiger partial charge in [-0.25, -0.2) is 0 Å². The summed E-state index contributed by atoms with van der Waals surface area (Å²) in [5, 5.41) is 3.06. The molecule has 0 aromatic heterocycles. The van der Waals surface area contributed by atoms with E-state index in [0.29, 0.717) is 0 Å². The zero-order chi connectivity index (χ0) is 16.8. The lowest BCUT2D eigenvalue weighted by molar-refractivity contribution is -0.125. The van der Waals surface area contributed by atoms with Gasteiger partial charge in [-0.3, -0.25) is 4.79 Å². The summed E-state index contributed by atoms with van der Waals surface area (Å²) in [6, 6.07) is 17.6. The van der Waals surface area contributed by atoms with E-state index in [1.54, 1.807) is 0 Å². The van der Waals surface area contributed by atoms with Crippen LogP contribution in [-0.2, 0) is 11.2 Å². The average molecular weight is 375 g/mol. The molecule has 0 fully saturated rings. The minimum atomic E-state index is -0.297. The van der Waals surface area contributed by atoms with E-state index in [1.165, 1.54) is 5.56 Å². The first-order valence-electron chi connectivity index (χ1n) is 7.82. The molecule has 0 bridgehead atoms. The second kappa shape index (κ2) is 8.27. The van der Waals surface area contributed by atoms with Crippen molar-refractivity contribution in [3.8, 4) is 0 Å². The van der Waals surface area contributed by atoms with Gasteiger partial charge in [0, 0.05) is 16.6 Å². The molecular weight excluding hydrogens is 352 g/mol. The Labute approximate surface area is 146 Å². The number of nitrogens with one attached hydrogen (secondary N) is 1. The van der Waals surface area contributed by atoms with Gasteiger partial charge in [0.05, 0.1) is 5.92 Å². The summed E-state index contributed by atoms with van der Waals surface area (Å²) in [6.45, 7) is 3.89. The van der Waals surface area contributed by atoms with E-state index in [0.717, 1.165) is 16.5 Å². The molecule has 23 heavy (non-hydrogen) atoms. The van der Waals surface area contributed by atoms with Crippen molar-refractivity contribution in [1.82, 2.24) is 5.32 Å². The summed E-state index contributed by atoms with van der Waals surface area (Å²) in [5.41, 5.74) is 8.39. The SMILES string of the molecule is CC(Cc1cccc(Br)c1)NC(=O)C(C)C(N)c1ccccc1. The maximum Gasteiger partial charge on any atom is 0.224 e. The van der Waals surface area contributed by atoms with Crippen LogP contribution < -0.4 is 11.1 Å². The molecule has 3 atom stereocenters. The van der Waals surface area contributed by atoms with E-state index in [9.17, 15) is 4.79 Å². The summed E-state index contributed by atoms with van der Waals surface area (Å²) in [6.07, 6.45) is 0.790. The minimum Gasteiger partial charge on any atom is -0.353 e. The lowest BCUT2D eigenvalue weighted by atomic mass is 9.94. The molecule has 0 spiro atoms. The van der Waals surface area contributed by atoms with Crippen LogP contribution in [-0.4, -0.2) is 11.9 Å². The number of carbonyl (C=O) groups excluding carboxylic acids is 1. The van der Waals surface area contributed by atoms with Crippen LogP contribution in [0.3, 0.4) is 0 Å². The lowest BCUT2D eigenvalue weighted by Crippen LogP contribution is -2.41. The highest BCUT2D eigenvalue weighted by Gasteiger charge is 2.23. The normalized spacial score (nSPS) is 14.8. The Balaban J connectivity index is 1.92. The van der Waals surface area contributed by atoms with Crippen molar-refractivity contribution in [1.29, 1.82) is 0 Å². The fraction of sp³-hybridized carbons (Fsp3) is 0.316. The standard InChI is InChI=1S/C19H23BrN2O/c1-13(11-15-7-6-10-17(20)12-15)22-19(23)14(2)18(21)16-8-4-3-5-9-16/h3-10,12-14,18H,11,21H2,1-2H3,(H,22,23). The second-order valence-corrected chi connectivity index (χ2v) is 6.88. The molecule has 0 aliphatic rings. The number of carbonyl (C=O) groups is 1. The lowest BCUT2D eigenvalue weighted by Gasteiger charge is -2.22. The van der Waals surface area contributed by atoms with Gasteiger partial charge in [0.25, 0.3) is 0 Å². The quantitative estimate of drug-likeness (QED) is 0.806. The predicted molar refractivity (Wildman–Crippen MR) is 98.0 cm³/mol. The van der Waals surface area contributed by atoms with Gasteiger partial charge in [0.15, 0.2) is 0 Å². The molecule has 0 saturated carbocycles. The number of rotatable bonds is 6. The van der Waals surface area contributed by atoms with E-state index >= 15 is 0 Å². The maximum atomic E-state index is 12.4. The molecular formula is C19H23BrN2O. The molecule has 1 amide bonds. The van der Waals surface area contributed by atoms with Crippen molar-refractivity contribution in [2.75, 3.05) is 0 Å². The summed E-state index contributed by atoms with van der Waals surface area (Å²) < 4.78 is 1.05. The van der Waals surface area contributed by atoms with Crippen molar-refractivity contribution in [2.45, 2.75) is 32.4 Å². The average Bonchev–Trinajstić information content (AvgIpc) is 2.54. The molecule has 2 rings (SSSR count). The zero-order valence-corrected chi connectivity index (χ0v) is 15.1. The highest BCUT2D eigenvalue weighted by molar-refractivity contribution is 9.10. The highest BCUT2D eigenvalue weighted by atomic mass is 79.9. The molecule has 0 aliphatic heterocycles. The summed E-state index contributed by atoms with van der Waals surface area (Å²) in [4.78, 5) is 12.4. The molecule has 0 radical (unpaired) electrons. The molecule has 2 aromatic carbocycles. The Morgan fingerprint density at radius 1 is 1.13 bits per heavy atom. The molecule has 3 N–H and O–H groups in total. The van der Waals surface area contributed by atoms with Crippen molar-refractivity contribution in [2.24, 2.45) is 11.7 Å². The van der Waals surface area contributed by atoms with Crippen LogP contribution in [0.25, 0.3) is 0 Å². The third kappa shape index (κ3) is 5.19. The Bertz CT molecular complexity index is 645. The third-order valence-electron chi connectivity index (χ3n) is 3.96. The van der Waals surface area contributed by atoms with Crippen LogP contribution in [0.15, 0.2) is 59.1 Å². The highest BCUT2D eigenvalue weighted by Crippen LogP contribution is 2.19. The second-order valence-electron chi connectivity index (χ2n) is 5.97. The molecule has 3 nitrogen and oxygen atoms in total. The van der Waals surface area contributed by atoms with Crippen molar-refractivity contribution in [3.63, 3.8) is 0 Å². The molecule has 122 valence electrons. The molecule has 0 saturated heterocycles. The summed E-state index contributed by atoms with van der Waals surface area (Å²) in [5.74, 6) is -0.286. The van der Waals surface area contributed by atoms with Gasteiger partial charge in [-0.1, -0.05) is 65.3 Å². The van der Waals surface area contributed by atoms with Crippen molar-refractivity contribution >= 4 is 21.8 Å². The Hall–Kier alpha value is -1.65. The zero-order valence-electron chi connectivity index (χ0n) is 13.5. The van der Waals surface area contributed by atoms with Crippen LogP contribution >= 0.6 is 15.9 Å². The molecule has 0 heterocycles. The first-order chi connectivity index (χ1) is 11.0. The number of amides is 1. The van der Waals surface area contributed by atoms with E-state index in [1.807, 2.05) is 56.3 Å². The van der Waals surface area contributed by atoms with Gasteiger partial charge < -0.3 is 11.1 Å². The fourth-order valence-corrected chi connectivity index (χ4v) is 3.02. The topological polar surface area (TPSA) is 55.1 Å². The van der Waals surface area contributed by atoms with Gasteiger partial charge >= 0.3 is 0 Å². The Morgan fingerprint density at radius 3 is 2.48 bits per heavy atom. The molecule has 0 aliphatic carbocycles. The van der Waals surface area contributed by atoms with Crippen LogP contribution in [0, 0.1) is 5.92 Å². The van der Waals surface area contributed by atoms with E-state index in [-0.39, 0.29) is 23.9 Å². The predicted octanol–water partition coefficient (Wildman–Crippen LogP) is 3.83. The van der Waals surface area contributed by atoms with Gasteiger partial charge in [-0.15, -0.1) is 0 Å².